The molecule has 2 aliphatic rings. The van der Waals surface area contributed by atoms with Crippen LogP contribution in [0.4, 0.5) is 0 Å². The predicted octanol–water partition coefficient (Wildman–Crippen LogP) is 1.45. The smallest absolute Gasteiger partial charge is 0.220 e. The van der Waals surface area contributed by atoms with Gasteiger partial charge < -0.3 is 15.4 Å². The first-order valence-corrected chi connectivity index (χ1v) is 7.25. The summed E-state index contributed by atoms with van der Waals surface area (Å²) in [4.78, 5) is 12.0. The maximum Gasteiger partial charge on any atom is 0.220 e. The van der Waals surface area contributed by atoms with E-state index in [1.807, 2.05) is 0 Å². The number of carbonyl (C=O) groups excluding carboxylic acids is 1. The summed E-state index contributed by atoms with van der Waals surface area (Å²) < 4.78 is 5.11. The highest BCUT2D eigenvalue weighted by atomic mass is 16.5. The molecule has 18 heavy (non-hydrogen) atoms. The first kappa shape index (κ1) is 13.8. The molecule has 2 saturated heterocycles. The number of rotatable bonds is 6. The van der Waals surface area contributed by atoms with E-state index in [0.29, 0.717) is 31.0 Å². The van der Waals surface area contributed by atoms with Crippen LogP contribution >= 0.6 is 0 Å². The molecule has 1 amide bonds. The van der Waals surface area contributed by atoms with Crippen molar-refractivity contribution in [1.29, 1.82) is 0 Å². The molecule has 2 heterocycles. The molecule has 0 aromatic rings. The Hall–Kier alpha value is -0.610. The van der Waals surface area contributed by atoms with Gasteiger partial charge in [-0.2, -0.15) is 0 Å². The van der Waals surface area contributed by atoms with E-state index in [-0.39, 0.29) is 11.9 Å². The summed E-state index contributed by atoms with van der Waals surface area (Å²) in [6, 6.07) is 1.51. The molecule has 4 nitrogen and oxygen atoms in total. The van der Waals surface area contributed by atoms with E-state index in [9.17, 15) is 4.79 Å². The van der Waals surface area contributed by atoms with Crippen LogP contribution in [0.1, 0.15) is 45.4 Å². The van der Waals surface area contributed by atoms with Crippen LogP contribution in [0.5, 0.6) is 0 Å². The Kier molecular flexibility index (Phi) is 5.01. The van der Waals surface area contributed by atoms with Crippen molar-refractivity contribution in [3.05, 3.63) is 0 Å². The van der Waals surface area contributed by atoms with Crippen molar-refractivity contribution in [2.24, 2.45) is 5.92 Å². The van der Waals surface area contributed by atoms with Gasteiger partial charge in [-0.05, 0) is 38.0 Å². The molecule has 0 saturated carbocycles. The molecule has 0 aromatic carbocycles. The third kappa shape index (κ3) is 3.69. The van der Waals surface area contributed by atoms with E-state index >= 15 is 0 Å². The lowest BCUT2D eigenvalue weighted by Crippen LogP contribution is -2.42. The second-order valence-electron chi connectivity index (χ2n) is 5.81. The van der Waals surface area contributed by atoms with E-state index < -0.39 is 0 Å². The summed E-state index contributed by atoms with van der Waals surface area (Å²) in [7, 11) is 1.68. The molecule has 2 rings (SSSR count). The number of methoxy groups -OCH3 is 1. The summed E-state index contributed by atoms with van der Waals surface area (Å²) in [6.45, 7) is 2.69. The van der Waals surface area contributed by atoms with E-state index in [1.165, 1.54) is 25.7 Å². The van der Waals surface area contributed by atoms with Crippen LogP contribution in [0.15, 0.2) is 0 Å². The fraction of sp³-hybridized carbons (Fsp3) is 0.929. The zero-order valence-corrected chi connectivity index (χ0v) is 11.6. The summed E-state index contributed by atoms with van der Waals surface area (Å²) in [5, 5.41) is 6.69. The van der Waals surface area contributed by atoms with Gasteiger partial charge in [0.1, 0.15) is 0 Å². The van der Waals surface area contributed by atoms with E-state index in [4.69, 9.17) is 4.74 Å². The molecule has 2 aliphatic heterocycles. The molecule has 0 aliphatic carbocycles. The molecule has 0 aromatic heterocycles. The third-order valence-corrected chi connectivity index (χ3v) is 4.27. The van der Waals surface area contributed by atoms with Crippen LogP contribution in [0.25, 0.3) is 0 Å². The van der Waals surface area contributed by atoms with Gasteiger partial charge in [0, 0.05) is 25.6 Å². The fourth-order valence-electron chi connectivity index (χ4n) is 3.35. The third-order valence-electron chi connectivity index (χ3n) is 4.27. The Morgan fingerprint density at radius 3 is 2.61 bits per heavy atom. The Morgan fingerprint density at radius 1 is 1.39 bits per heavy atom. The minimum Gasteiger partial charge on any atom is -0.383 e. The molecular formula is C14H26N2O2. The molecule has 0 spiro atoms. The minimum absolute atomic E-state index is 0.168. The van der Waals surface area contributed by atoms with Crippen LogP contribution in [0.3, 0.4) is 0 Å². The van der Waals surface area contributed by atoms with Gasteiger partial charge in [-0.25, -0.2) is 0 Å². The van der Waals surface area contributed by atoms with Gasteiger partial charge in [-0.15, -0.1) is 0 Å². The van der Waals surface area contributed by atoms with E-state index in [0.717, 1.165) is 6.42 Å². The SMILES string of the molecule is CCC(COC)NC(=O)CC1CC2CCC(C1)N2. The molecular weight excluding hydrogens is 228 g/mol. The normalized spacial score (nSPS) is 32.2. The van der Waals surface area contributed by atoms with Crippen LogP contribution in [-0.2, 0) is 9.53 Å². The summed E-state index contributed by atoms with van der Waals surface area (Å²) in [5.41, 5.74) is 0. The fourth-order valence-corrected chi connectivity index (χ4v) is 3.35. The van der Waals surface area contributed by atoms with E-state index in [1.54, 1.807) is 7.11 Å². The van der Waals surface area contributed by atoms with Crippen molar-refractivity contribution < 1.29 is 9.53 Å². The topological polar surface area (TPSA) is 50.4 Å². The predicted molar refractivity (Wildman–Crippen MR) is 71.4 cm³/mol. The highest BCUT2D eigenvalue weighted by molar-refractivity contribution is 5.76. The number of nitrogens with one attached hydrogen (secondary N) is 2. The minimum atomic E-state index is 0.168. The van der Waals surface area contributed by atoms with Crippen LogP contribution < -0.4 is 10.6 Å². The molecule has 2 N–H and O–H groups in total. The van der Waals surface area contributed by atoms with Crippen LogP contribution in [0.2, 0.25) is 0 Å². The van der Waals surface area contributed by atoms with Crippen molar-refractivity contribution in [3.8, 4) is 0 Å². The van der Waals surface area contributed by atoms with Gasteiger partial charge in [-0.3, -0.25) is 4.79 Å². The molecule has 2 fully saturated rings. The Balaban J connectivity index is 1.73. The highest BCUT2D eigenvalue weighted by Gasteiger charge is 2.34. The number of fused-ring (bicyclic) bond motifs is 2. The van der Waals surface area contributed by atoms with Crippen molar-refractivity contribution in [3.63, 3.8) is 0 Å². The second-order valence-corrected chi connectivity index (χ2v) is 5.81. The molecule has 0 radical (unpaired) electrons. The number of hydrogen-bond donors (Lipinski definition) is 2. The average Bonchev–Trinajstić information content (AvgIpc) is 2.68. The Labute approximate surface area is 110 Å². The van der Waals surface area contributed by atoms with Crippen molar-refractivity contribution in [1.82, 2.24) is 10.6 Å². The first-order chi connectivity index (χ1) is 8.71. The number of carbonyl (C=O) groups is 1. The zero-order chi connectivity index (χ0) is 13.0. The molecule has 104 valence electrons. The number of ether oxygens (including phenoxy) is 1. The maximum absolute atomic E-state index is 12.0. The van der Waals surface area contributed by atoms with Crippen LogP contribution in [0, 0.1) is 5.92 Å². The largest absolute Gasteiger partial charge is 0.383 e. The van der Waals surface area contributed by atoms with Gasteiger partial charge in [0.15, 0.2) is 0 Å². The number of amides is 1. The van der Waals surface area contributed by atoms with Gasteiger partial charge >= 0.3 is 0 Å². The molecule has 2 bridgehead atoms. The molecule has 3 unspecified atom stereocenters. The standard InChI is InChI=1S/C14H26N2O2/c1-3-11(9-18-2)16-14(17)8-10-6-12-4-5-13(7-10)15-12/h10-13,15H,3-9H2,1-2H3,(H,16,17). The Bertz CT molecular complexity index is 271. The lowest BCUT2D eigenvalue weighted by molar-refractivity contribution is -0.123. The van der Waals surface area contributed by atoms with Gasteiger partial charge in [-0.1, -0.05) is 6.92 Å². The summed E-state index contributed by atoms with van der Waals surface area (Å²) in [6.07, 6.45) is 6.55. The van der Waals surface area contributed by atoms with Gasteiger partial charge in [0.25, 0.3) is 0 Å². The molecule has 4 heteroatoms. The maximum atomic E-state index is 12.0. The lowest BCUT2D eigenvalue weighted by Gasteiger charge is -2.29. The van der Waals surface area contributed by atoms with E-state index in [2.05, 4.69) is 17.6 Å². The van der Waals surface area contributed by atoms with Crippen molar-refractivity contribution >= 4 is 5.91 Å². The highest BCUT2D eigenvalue weighted by Crippen LogP contribution is 2.32. The second kappa shape index (κ2) is 6.53. The number of piperidine rings is 1. The van der Waals surface area contributed by atoms with Gasteiger partial charge in [0.05, 0.1) is 12.6 Å². The summed E-state index contributed by atoms with van der Waals surface area (Å²) in [5.74, 6) is 0.772. The Morgan fingerprint density at radius 2 is 2.06 bits per heavy atom. The lowest BCUT2D eigenvalue weighted by atomic mass is 9.89. The van der Waals surface area contributed by atoms with Crippen molar-refractivity contribution in [2.75, 3.05) is 13.7 Å². The quantitative estimate of drug-likeness (QED) is 0.754. The van der Waals surface area contributed by atoms with Crippen LogP contribution in [-0.4, -0.2) is 37.7 Å². The zero-order valence-electron chi connectivity index (χ0n) is 11.6. The van der Waals surface area contributed by atoms with Crippen molar-refractivity contribution in [2.45, 2.75) is 63.6 Å². The monoisotopic (exact) mass is 254 g/mol. The number of hydrogen-bond acceptors (Lipinski definition) is 3. The first-order valence-electron chi connectivity index (χ1n) is 7.25. The average molecular weight is 254 g/mol. The molecule has 3 atom stereocenters. The summed E-state index contributed by atoms with van der Waals surface area (Å²) >= 11 is 0. The van der Waals surface area contributed by atoms with Gasteiger partial charge in [0.2, 0.25) is 5.91 Å².